The third-order valence-electron chi connectivity index (χ3n) is 3.52. The van der Waals surface area contributed by atoms with Gasteiger partial charge in [-0.1, -0.05) is 35.7 Å². The molecule has 17 heavy (non-hydrogen) atoms. The van der Waals surface area contributed by atoms with Gasteiger partial charge < -0.3 is 10.4 Å². The highest BCUT2D eigenvalue weighted by molar-refractivity contribution is 9.10. The molecule has 0 spiro atoms. The van der Waals surface area contributed by atoms with Gasteiger partial charge in [-0.25, -0.2) is 0 Å². The molecule has 0 amide bonds. The van der Waals surface area contributed by atoms with Crippen LogP contribution in [0.1, 0.15) is 38.2 Å². The molecular formula is C14H20BrNO. The van der Waals surface area contributed by atoms with Gasteiger partial charge in [0.2, 0.25) is 0 Å². The van der Waals surface area contributed by atoms with Crippen LogP contribution in [0.15, 0.2) is 22.7 Å². The van der Waals surface area contributed by atoms with E-state index in [-0.39, 0.29) is 12.1 Å². The minimum absolute atomic E-state index is 0.197. The number of benzene rings is 1. The Bertz CT molecular complexity index is 380. The Kier molecular flexibility index (Phi) is 4.46. The Morgan fingerprint density at radius 2 is 2.12 bits per heavy atom. The van der Waals surface area contributed by atoms with Gasteiger partial charge in [0.25, 0.3) is 0 Å². The minimum Gasteiger partial charge on any atom is -0.391 e. The van der Waals surface area contributed by atoms with E-state index >= 15 is 0 Å². The lowest BCUT2D eigenvalue weighted by Gasteiger charge is -2.30. The molecule has 0 bridgehead atoms. The summed E-state index contributed by atoms with van der Waals surface area (Å²) in [4.78, 5) is 0. The number of aliphatic hydroxyl groups excluding tert-OH is 1. The van der Waals surface area contributed by atoms with Crippen LogP contribution in [0.3, 0.4) is 0 Å². The summed E-state index contributed by atoms with van der Waals surface area (Å²) in [5.41, 5.74) is 2.47. The zero-order valence-electron chi connectivity index (χ0n) is 10.2. The van der Waals surface area contributed by atoms with E-state index in [0.29, 0.717) is 0 Å². The van der Waals surface area contributed by atoms with Crippen LogP contribution in [-0.4, -0.2) is 17.3 Å². The Balaban J connectivity index is 2.11. The molecule has 2 nitrogen and oxygen atoms in total. The van der Waals surface area contributed by atoms with Crippen LogP contribution in [0, 0.1) is 0 Å². The first-order chi connectivity index (χ1) is 8.20. The van der Waals surface area contributed by atoms with Crippen molar-refractivity contribution in [1.82, 2.24) is 0 Å². The monoisotopic (exact) mass is 297 g/mol. The van der Waals surface area contributed by atoms with Crippen LogP contribution in [-0.2, 0) is 6.42 Å². The molecule has 1 aromatic rings. The van der Waals surface area contributed by atoms with Gasteiger partial charge in [0.1, 0.15) is 0 Å². The van der Waals surface area contributed by atoms with E-state index in [1.165, 1.54) is 17.7 Å². The normalized spacial score (nSPS) is 24.6. The van der Waals surface area contributed by atoms with Gasteiger partial charge in [0.05, 0.1) is 12.1 Å². The maximum absolute atomic E-state index is 9.98. The smallest absolute Gasteiger partial charge is 0.0741 e. The summed E-state index contributed by atoms with van der Waals surface area (Å²) in [6, 6.07) is 6.52. The number of hydrogen-bond acceptors (Lipinski definition) is 2. The van der Waals surface area contributed by atoms with Crippen LogP contribution in [0.2, 0.25) is 0 Å². The van der Waals surface area contributed by atoms with Crippen molar-refractivity contribution >= 4 is 21.6 Å². The van der Waals surface area contributed by atoms with Gasteiger partial charge in [-0.15, -0.1) is 0 Å². The van der Waals surface area contributed by atoms with Crippen molar-refractivity contribution < 1.29 is 5.11 Å². The molecule has 1 fully saturated rings. The first-order valence-corrected chi connectivity index (χ1v) is 7.23. The van der Waals surface area contributed by atoms with Crippen LogP contribution >= 0.6 is 15.9 Å². The van der Waals surface area contributed by atoms with Gasteiger partial charge in [-0.3, -0.25) is 0 Å². The molecule has 0 aromatic heterocycles. The van der Waals surface area contributed by atoms with Gasteiger partial charge in [-0.05, 0) is 43.0 Å². The highest BCUT2D eigenvalue weighted by atomic mass is 79.9. The molecule has 94 valence electrons. The van der Waals surface area contributed by atoms with Crippen molar-refractivity contribution in [2.45, 2.75) is 51.2 Å². The highest BCUT2D eigenvalue weighted by Crippen LogP contribution is 2.26. The number of anilines is 1. The van der Waals surface area contributed by atoms with Gasteiger partial charge >= 0.3 is 0 Å². The topological polar surface area (TPSA) is 32.3 Å². The maximum atomic E-state index is 9.98. The fourth-order valence-corrected chi connectivity index (χ4v) is 2.88. The molecule has 0 heterocycles. The van der Waals surface area contributed by atoms with E-state index in [9.17, 15) is 5.11 Å². The van der Waals surface area contributed by atoms with E-state index in [2.05, 4.69) is 46.4 Å². The van der Waals surface area contributed by atoms with Gasteiger partial charge in [-0.2, -0.15) is 0 Å². The van der Waals surface area contributed by atoms with E-state index in [1.54, 1.807) is 0 Å². The lowest BCUT2D eigenvalue weighted by atomic mass is 9.92. The minimum atomic E-state index is -0.197. The molecule has 1 saturated carbocycles. The van der Waals surface area contributed by atoms with E-state index < -0.39 is 0 Å². The van der Waals surface area contributed by atoms with Crippen molar-refractivity contribution in [3.63, 3.8) is 0 Å². The molecule has 1 aliphatic rings. The SMILES string of the molecule is CCc1cc(Br)ccc1NC1CCCCC1O. The first-order valence-electron chi connectivity index (χ1n) is 6.43. The van der Waals surface area contributed by atoms with E-state index in [4.69, 9.17) is 0 Å². The number of rotatable bonds is 3. The second-order valence-electron chi connectivity index (χ2n) is 4.76. The number of hydrogen-bond donors (Lipinski definition) is 2. The number of aryl methyl sites for hydroxylation is 1. The predicted octanol–water partition coefficient (Wildman–Crippen LogP) is 3.73. The highest BCUT2D eigenvalue weighted by Gasteiger charge is 2.23. The lowest BCUT2D eigenvalue weighted by Crippen LogP contribution is -2.36. The zero-order valence-corrected chi connectivity index (χ0v) is 11.8. The van der Waals surface area contributed by atoms with Crippen LogP contribution < -0.4 is 5.32 Å². The summed E-state index contributed by atoms with van der Waals surface area (Å²) in [6.07, 6.45) is 5.17. The van der Waals surface area contributed by atoms with E-state index in [1.807, 2.05) is 0 Å². The molecule has 2 atom stereocenters. The fourth-order valence-electron chi connectivity index (χ4n) is 2.48. The molecule has 2 rings (SSSR count). The van der Waals surface area contributed by atoms with Crippen molar-refractivity contribution in [3.8, 4) is 0 Å². The zero-order chi connectivity index (χ0) is 12.3. The largest absolute Gasteiger partial charge is 0.391 e. The Morgan fingerprint density at radius 1 is 1.35 bits per heavy atom. The Hall–Kier alpha value is -0.540. The second-order valence-corrected chi connectivity index (χ2v) is 5.67. The van der Waals surface area contributed by atoms with Crippen molar-refractivity contribution in [1.29, 1.82) is 0 Å². The fraction of sp³-hybridized carbons (Fsp3) is 0.571. The second kappa shape index (κ2) is 5.87. The molecule has 2 N–H and O–H groups in total. The first kappa shape index (κ1) is 12.9. The van der Waals surface area contributed by atoms with Gasteiger partial charge in [0, 0.05) is 10.2 Å². The van der Waals surface area contributed by atoms with Crippen molar-refractivity contribution in [2.75, 3.05) is 5.32 Å². The third-order valence-corrected chi connectivity index (χ3v) is 4.01. The summed E-state index contributed by atoms with van der Waals surface area (Å²) in [7, 11) is 0. The predicted molar refractivity (Wildman–Crippen MR) is 75.4 cm³/mol. The third kappa shape index (κ3) is 3.23. The van der Waals surface area contributed by atoms with Gasteiger partial charge in [0.15, 0.2) is 0 Å². The summed E-state index contributed by atoms with van der Waals surface area (Å²) in [5, 5.41) is 13.5. The van der Waals surface area contributed by atoms with Crippen LogP contribution in [0.4, 0.5) is 5.69 Å². The molecule has 1 aromatic carbocycles. The van der Waals surface area contributed by atoms with Crippen molar-refractivity contribution in [3.05, 3.63) is 28.2 Å². The standard InChI is InChI=1S/C14H20BrNO/c1-2-10-9-11(15)7-8-12(10)16-13-5-3-4-6-14(13)17/h7-9,13-14,16-17H,2-6H2,1H3. The lowest BCUT2D eigenvalue weighted by molar-refractivity contribution is 0.116. The Labute approximate surface area is 112 Å². The molecule has 0 aliphatic heterocycles. The van der Waals surface area contributed by atoms with Crippen molar-refractivity contribution in [2.24, 2.45) is 0 Å². The van der Waals surface area contributed by atoms with Crippen LogP contribution in [0.5, 0.6) is 0 Å². The summed E-state index contributed by atoms with van der Waals surface area (Å²) < 4.78 is 1.11. The molecule has 2 unspecified atom stereocenters. The molecule has 3 heteroatoms. The van der Waals surface area contributed by atoms with Crippen LogP contribution in [0.25, 0.3) is 0 Å². The Morgan fingerprint density at radius 3 is 2.82 bits per heavy atom. The number of aliphatic hydroxyl groups is 1. The summed E-state index contributed by atoms with van der Waals surface area (Å²) >= 11 is 3.50. The molecular weight excluding hydrogens is 278 g/mol. The quantitative estimate of drug-likeness (QED) is 0.891. The average molecular weight is 298 g/mol. The number of halogens is 1. The number of nitrogens with one attached hydrogen (secondary N) is 1. The molecule has 1 aliphatic carbocycles. The molecule has 0 saturated heterocycles. The summed E-state index contributed by atoms with van der Waals surface area (Å²) in [6.45, 7) is 2.16. The maximum Gasteiger partial charge on any atom is 0.0741 e. The summed E-state index contributed by atoms with van der Waals surface area (Å²) in [5.74, 6) is 0. The average Bonchev–Trinajstić information content (AvgIpc) is 2.34. The molecule has 0 radical (unpaired) electrons. The van der Waals surface area contributed by atoms with E-state index in [0.717, 1.165) is 30.2 Å².